The van der Waals surface area contributed by atoms with Crippen molar-refractivity contribution in [1.82, 2.24) is 19.5 Å². The van der Waals surface area contributed by atoms with E-state index in [2.05, 4.69) is 21.0 Å². The van der Waals surface area contributed by atoms with Crippen LogP contribution >= 0.6 is 0 Å². The fourth-order valence-electron chi connectivity index (χ4n) is 2.83. The first-order valence-electron chi connectivity index (χ1n) is 8.09. The Morgan fingerprint density at radius 1 is 1.08 bits per heavy atom. The van der Waals surface area contributed by atoms with E-state index in [0.29, 0.717) is 23.6 Å². The number of hydrogen-bond donors (Lipinski definition) is 0. The second-order valence-electron chi connectivity index (χ2n) is 5.75. The molecular formula is C20H15N5O. The number of fused-ring (bicyclic) bond motifs is 1. The summed E-state index contributed by atoms with van der Waals surface area (Å²) in [5, 5.41) is 9.40. The SMILES string of the molecule is COc1ccc(-c2nc(Cn3cnc4ccccc43)ncc2C#N)cc1. The quantitative estimate of drug-likeness (QED) is 0.568. The molecule has 4 aromatic rings. The van der Waals surface area contributed by atoms with Gasteiger partial charge in [-0.05, 0) is 36.4 Å². The molecule has 126 valence electrons. The minimum Gasteiger partial charge on any atom is -0.497 e. The summed E-state index contributed by atoms with van der Waals surface area (Å²) < 4.78 is 7.18. The van der Waals surface area contributed by atoms with Crippen LogP contribution in [0.5, 0.6) is 5.75 Å². The van der Waals surface area contributed by atoms with Crippen molar-refractivity contribution in [3.63, 3.8) is 0 Å². The van der Waals surface area contributed by atoms with Gasteiger partial charge in [0.2, 0.25) is 0 Å². The molecule has 0 fully saturated rings. The molecule has 0 N–H and O–H groups in total. The lowest BCUT2D eigenvalue weighted by Gasteiger charge is -2.08. The van der Waals surface area contributed by atoms with Crippen LogP contribution in [0.2, 0.25) is 0 Å². The van der Waals surface area contributed by atoms with Crippen molar-refractivity contribution in [2.45, 2.75) is 6.54 Å². The Balaban J connectivity index is 1.73. The lowest BCUT2D eigenvalue weighted by molar-refractivity contribution is 0.415. The van der Waals surface area contributed by atoms with E-state index in [1.807, 2.05) is 53.1 Å². The molecule has 0 aliphatic heterocycles. The van der Waals surface area contributed by atoms with E-state index in [1.54, 1.807) is 19.6 Å². The van der Waals surface area contributed by atoms with Crippen LogP contribution < -0.4 is 4.74 Å². The Kier molecular flexibility index (Phi) is 4.04. The average molecular weight is 341 g/mol. The second kappa shape index (κ2) is 6.65. The molecule has 4 rings (SSSR count). The third-order valence-corrected chi connectivity index (χ3v) is 4.16. The van der Waals surface area contributed by atoms with Crippen molar-refractivity contribution in [2.24, 2.45) is 0 Å². The summed E-state index contributed by atoms with van der Waals surface area (Å²) in [4.78, 5) is 13.4. The van der Waals surface area contributed by atoms with Crippen LogP contribution in [0.15, 0.2) is 61.1 Å². The monoisotopic (exact) mass is 341 g/mol. The fraction of sp³-hybridized carbons (Fsp3) is 0.100. The zero-order chi connectivity index (χ0) is 17.9. The number of aromatic nitrogens is 4. The van der Waals surface area contributed by atoms with Gasteiger partial charge in [-0.15, -0.1) is 0 Å². The number of nitrogens with zero attached hydrogens (tertiary/aromatic N) is 5. The molecule has 0 spiro atoms. The molecule has 2 aromatic carbocycles. The van der Waals surface area contributed by atoms with Gasteiger partial charge < -0.3 is 9.30 Å². The normalized spacial score (nSPS) is 10.6. The van der Waals surface area contributed by atoms with Crippen LogP contribution in [0.4, 0.5) is 0 Å². The first kappa shape index (κ1) is 15.8. The van der Waals surface area contributed by atoms with E-state index in [9.17, 15) is 5.26 Å². The smallest absolute Gasteiger partial charge is 0.148 e. The van der Waals surface area contributed by atoms with Gasteiger partial charge in [0.05, 0.1) is 42.3 Å². The number of methoxy groups -OCH3 is 1. The Morgan fingerprint density at radius 2 is 1.88 bits per heavy atom. The number of hydrogen-bond acceptors (Lipinski definition) is 5. The maximum atomic E-state index is 9.40. The standard InChI is InChI=1S/C20H15N5O/c1-26-16-8-6-14(7-9-16)20-15(10-21)11-22-19(24-20)12-25-13-23-17-4-2-3-5-18(17)25/h2-9,11,13H,12H2,1H3. The van der Waals surface area contributed by atoms with E-state index in [-0.39, 0.29) is 0 Å². The van der Waals surface area contributed by atoms with Crippen LogP contribution in [0.3, 0.4) is 0 Å². The number of imidazole rings is 1. The lowest BCUT2D eigenvalue weighted by atomic mass is 10.1. The van der Waals surface area contributed by atoms with E-state index >= 15 is 0 Å². The molecular weight excluding hydrogens is 326 g/mol. The topological polar surface area (TPSA) is 76.6 Å². The highest BCUT2D eigenvalue weighted by atomic mass is 16.5. The molecule has 0 saturated carbocycles. The summed E-state index contributed by atoms with van der Waals surface area (Å²) in [6.45, 7) is 0.482. The van der Waals surface area contributed by atoms with Crippen LogP contribution in [0.25, 0.3) is 22.3 Å². The van der Waals surface area contributed by atoms with Gasteiger partial charge in [0.1, 0.15) is 17.6 Å². The van der Waals surface area contributed by atoms with Crippen molar-refractivity contribution < 1.29 is 4.74 Å². The molecule has 0 amide bonds. The summed E-state index contributed by atoms with van der Waals surface area (Å²) >= 11 is 0. The predicted molar refractivity (Wildman–Crippen MR) is 97.6 cm³/mol. The molecule has 0 saturated heterocycles. The van der Waals surface area contributed by atoms with Crippen molar-refractivity contribution in [3.05, 3.63) is 72.4 Å². The Labute approximate surface area is 150 Å². The maximum Gasteiger partial charge on any atom is 0.148 e. The van der Waals surface area contributed by atoms with Gasteiger partial charge >= 0.3 is 0 Å². The maximum absolute atomic E-state index is 9.40. The Hall–Kier alpha value is -3.72. The predicted octanol–water partition coefficient (Wildman–Crippen LogP) is 3.42. The third-order valence-electron chi connectivity index (χ3n) is 4.16. The molecule has 0 bridgehead atoms. The van der Waals surface area contributed by atoms with Gasteiger partial charge in [0.25, 0.3) is 0 Å². The van der Waals surface area contributed by atoms with Crippen molar-refractivity contribution in [1.29, 1.82) is 5.26 Å². The van der Waals surface area contributed by atoms with E-state index in [4.69, 9.17) is 4.74 Å². The van der Waals surface area contributed by atoms with Gasteiger partial charge in [0, 0.05) is 11.8 Å². The number of ether oxygens (including phenoxy) is 1. The van der Waals surface area contributed by atoms with Gasteiger partial charge in [-0.2, -0.15) is 5.26 Å². The van der Waals surface area contributed by atoms with Crippen molar-refractivity contribution in [2.75, 3.05) is 7.11 Å². The highest BCUT2D eigenvalue weighted by Crippen LogP contribution is 2.24. The van der Waals surface area contributed by atoms with Gasteiger partial charge in [-0.25, -0.2) is 15.0 Å². The summed E-state index contributed by atoms with van der Waals surface area (Å²) in [6.07, 6.45) is 3.35. The van der Waals surface area contributed by atoms with Gasteiger partial charge in [0.15, 0.2) is 0 Å². The molecule has 0 unspecified atom stereocenters. The summed E-state index contributed by atoms with van der Waals surface area (Å²) in [5.74, 6) is 1.38. The van der Waals surface area contributed by atoms with Crippen molar-refractivity contribution in [3.8, 4) is 23.1 Å². The minimum absolute atomic E-state index is 0.439. The molecule has 6 nitrogen and oxygen atoms in total. The van der Waals surface area contributed by atoms with Gasteiger partial charge in [-0.1, -0.05) is 12.1 Å². The summed E-state index contributed by atoms with van der Waals surface area (Å²) in [7, 11) is 1.62. The highest BCUT2D eigenvalue weighted by Gasteiger charge is 2.11. The molecule has 26 heavy (non-hydrogen) atoms. The first-order chi connectivity index (χ1) is 12.8. The van der Waals surface area contributed by atoms with Crippen LogP contribution in [-0.4, -0.2) is 26.6 Å². The lowest BCUT2D eigenvalue weighted by Crippen LogP contribution is -2.05. The number of rotatable bonds is 4. The van der Waals surface area contributed by atoms with E-state index in [0.717, 1.165) is 22.3 Å². The second-order valence-corrected chi connectivity index (χ2v) is 5.75. The average Bonchev–Trinajstić information content (AvgIpc) is 3.11. The van der Waals surface area contributed by atoms with Crippen molar-refractivity contribution >= 4 is 11.0 Å². The molecule has 6 heteroatoms. The highest BCUT2D eigenvalue weighted by molar-refractivity contribution is 5.75. The fourth-order valence-corrected chi connectivity index (χ4v) is 2.83. The number of benzene rings is 2. The molecule has 0 radical (unpaired) electrons. The molecule has 0 aliphatic rings. The molecule has 0 aliphatic carbocycles. The zero-order valence-electron chi connectivity index (χ0n) is 14.1. The number of para-hydroxylation sites is 2. The van der Waals surface area contributed by atoms with Gasteiger partial charge in [-0.3, -0.25) is 0 Å². The summed E-state index contributed by atoms with van der Waals surface area (Å²) in [5.41, 5.74) is 3.85. The largest absolute Gasteiger partial charge is 0.497 e. The Bertz CT molecular complexity index is 1110. The van der Waals surface area contributed by atoms with E-state index < -0.39 is 0 Å². The number of nitriles is 1. The van der Waals surface area contributed by atoms with Crippen LogP contribution in [0.1, 0.15) is 11.4 Å². The third kappa shape index (κ3) is 2.87. The first-order valence-corrected chi connectivity index (χ1v) is 8.09. The minimum atomic E-state index is 0.439. The molecule has 2 aromatic heterocycles. The molecule has 2 heterocycles. The zero-order valence-corrected chi connectivity index (χ0v) is 14.1. The summed E-state index contributed by atoms with van der Waals surface area (Å²) in [6, 6.07) is 17.5. The van der Waals surface area contributed by atoms with Crippen LogP contribution in [0, 0.1) is 11.3 Å². The van der Waals surface area contributed by atoms with Crippen LogP contribution in [-0.2, 0) is 6.54 Å². The Morgan fingerprint density at radius 3 is 2.65 bits per heavy atom. The molecule has 0 atom stereocenters. The van der Waals surface area contributed by atoms with E-state index in [1.165, 1.54) is 0 Å².